The van der Waals surface area contributed by atoms with Crippen LogP contribution in [0, 0.1) is 0 Å². The second-order valence-corrected chi connectivity index (χ2v) is 11.0. The zero-order chi connectivity index (χ0) is 28.9. The molecule has 4 N–H and O–H groups in total. The molecule has 3 aromatic rings. The highest BCUT2D eigenvalue weighted by atomic mass is 32.2. The molecule has 1 aromatic carbocycles. The van der Waals surface area contributed by atoms with Gasteiger partial charge in [0, 0.05) is 37.9 Å². The molecule has 11 nitrogen and oxygen atoms in total. The van der Waals surface area contributed by atoms with Gasteiger partial charge in [0.2, 0.25) is 10.0 Å². The number of anilines is 1. The molecule has 0 spiro atoms. The van der Waals surface area contributed by atoms with E-state index in [0.717, 1.165) is 55.2 Å². The maximum atomic E-state index is 12.7. The monoisotopic (exact) mass is 580 g/mol. The number of halogens is 3. The van der Waals surface area contributed by atoms with Crippen molar-refractivity contribution >= 4 is 27.7 Å². The number of pyridine rings is 1. The van der Waals surface area contributed by atoms with Crippen LogP contribution in [-0.2, 0) is 46.1 Å². The van der Waals surface area contributed by atoms with Crippen molar-refractivity contribution in [1.29, 1.82) is 0 Å². The summed E-state index contributed by atoms with van der Waals surface area (Å²) in [6.45, 7) is 0.753. The van der Waals surface area contributed by atoms with E-state index in [9.17, 15) is 36.3 Å². The summed E-state index contributed by atoms with van der Waals surface area (Å²) in [5.74, 6) is -2.06. The molecule has 214 valence electrons. The number of hydrogen-bond acceptors (Lipinski definition) is 7. The number of aromatic nitrogens is 3. The summed E-state index contributed by atoms with van der Waals surface area (Å²) < 4.78 is 66.5. The number of sulfonamides is 1. The van der Waals surface area contributed by atoms with Crippen LogP contribution in [0.3, 0.4) is 0 Å². The van der Waals surface area contributed by atoms with Crippen LogP contribution in [0.2, 0.25) is 0 Å². The largest absolute Gasteiger partial charge is 0.480 e. The Morgan fingerprint density at radius 1 is 1.15 bits per heavy atom. The summed E-state index contributed by atoms with van der Waals surface area (Å²) in [5, 5.41) is 19.2. The molecule has 15 heteroatoms. The summed E-state index contributed by atoms with van der Waals surface area (Å²) in [4.78, 5) is 28.8. The minimum atomic E-state index is -4.57. The Hall–Kier alpha value is -3.98. The molecule has 3 heterocycles. The molecular weight excluding hydrogens is 553 g/mol. The van der Waals surface area contributed by atoms with Crippen molar-refractivity contribution in [3.05, 3.63) is 76.7 Å². The number of rotatable bonds is 11. The number of carboxylic acids is 1. The van der Waals surface area contributed by atoms with Crippen molar-refractivity contribution in [2.24, 2.45) is 0 Å². The number of amides is 1. The Bertz CT molecular complexity index is 1470. The second-order valence-electron chi connectivity index (χ2n) is 9.26. The fourth-order valence-electron chi connectivity index (χ4n) is 4.08. The zero-order valence-corrected chi connectivity index (χ0v) is 21.9. The number of fused-ring (bicyclic) bond motifs is 1. The van der Waals surface area contributed by atoms with Crippen LogP contribution in [0.1, 0.15) is 39.2 Å². The molecule has 0 saturated heterocycles. The molecule has 2 aromatic heterocycles. The van der Waals surface area contributed by atoms with Gasteiger partial charge in [-0.3, -0.25) is 14.3 Å². The van der Waals surface area contributed by atoms with E-state index < -0.39 is 52.0 Å². The van der Waals surface area contributed by atoms with Crippen LogP contribution in [0.5, 0.6) is 0 Å². The predicted octanol–water partition coefficient (Wildman–Crippen LogP) is 2.20. The number of carbonyl (C=O) groups is 2. The lowest BCUT2D eigenvalue weighted by Crippen LogP contribution is -2.48. The van der Waals surface area contributed by atoms with Crippen molar-refractivity contribution in [3.8, 4) is 0 Å². The molecule has 0 saturated carbocycles. The lowest BCUT2D eigenvalue weighted by molar-refractivity contribution is -0.139. The number of aliphatic carboxylic acids is 1. The van der Waals surface area contributed by atoms with E-state index in [0.29, 0.717) is 13.0 Å². The molecule has 1 aliphatic rings. The van der Waals surface area contributed by atoms with Crippen LogP contribution in [-0.4, -0.2) is 59.3 Å². The Kier molecular flexibility index (Phi) is 8.73. The van der Waals surface area contributed by atoms with E-state index in [1.807, 2.05) is 16.9 Å². The van der Waals surface area contributed by atoms with E-state index in [4.69, 9.17) is 0 Å². The molecule has 0 radical (unpaired) electrons. The highest BCUT2D eigenvalue weighted by Gasteiger charge is 2.30. The number of benzene rings is 1. The van der Waals surface area contributed by atoms with Gasteiger partial charge in [-0.2, -0.15) is 23.0 Å². The Morgan fingerprint density at radius 3 is 2.60 bits per heavy atom. The van der Waals surface area contributed by atoms with Crippen molar-refractivity contribution in [1.82, 2.24) is 24.8 Å². The van der Waals surface area contributed by atoms with Gasteiger partial charge < -0.3 is 15.7 Å². The van der Waals surface area contributed by atoms with E-state index in [-0.39, 0.29) is 11.1 Å². The third-order valence-corrected chi connectivity index (χ3v) is 7.53. The molecule has 40 heavy (non-hydrogen) atoms. The summed E-state index contributed by atoms with van der Waals surface area (Å²) in [6.07, 6.45) is 0.831. The highest BCUT2D eigenvalue weighted by Crippen LogP contribution is 2.29. The number of nitrogens with zero attached hydrogens (tertiary/aromatic N) is 3. The average molecular weight is 581 g/mol. The molecule has 4 rings (SSSR count). The first kappa shape index (κ1) is 29.0. The standard InChI is InChI=1S/C25H27F3N6O5S/c26-25(27,28)19-6-3-16(4-7-19)15-40(38,39)33-21(24(36)37)13-30-23(35)18-12-31-34(14-18)11-9-20-8-5-17-2-1-10-29-22(17)32-20/h3-8,12,14,21,33H,1-2,9-11,13,15H2,(H,29,32)(H,30,35)(H,36,37)/t21-/m0/s1. The van der Waals surface area contributed by atoms with Gasteiger partial charge in [-0.15, -0.1) is 0 Å². The highest BCUT2D eigenvalue weighted by molar-refractivity contribution is 7.88. The molecule has 0 unspecified atom stereocenters. The maximum Gasteiger partial charge on any atom is 0.416 e. The Balaban J connectivity index is 1.29. The van der Waals surface area contributed by atoms with Gasteiger partial charge in [-0.25, -0.2) is 13.4 Å². The lowest BCUT2D eigenvalue weighted by Gasteiger charge is -2.17. The van der Waals surface area contributed by atoms with Gasteiger partial charge in [0.1, 0.15) is 11.9 Å². The lowest BCUT2D eigenvalue weighted by atomic mass is 10.1. The number of hydrogen-bond donors (Lipinski definition) is 4. The minimum Gasteiger partial charge on any atom is -0.480 e. The molecule has 1 atom stereocenters. The molecule has 0 aliphatic carbocycles. The quantitative estimate of drug-likeness (QED) is 0.269. The number of alkyl halides is 3. The summed E-state index contributed by atoms with van der Waals surface area (Å²) in [5.41, 5.74) is 1.28. The van der Waals surface area contributed by atoms with Gasteiger partial charge in [-0.1, -0.05) is 18.2 Å². The van der Waals surface area contributed by atoms with Crippen molar-refractivity contribution in [2.45, 2.75) is 43.8 Å². The van der Waals surface area contributed by atoms with Gasteiger partial charge in [0.05, 0.1) is 23.1 Å². The first-order valence-corrected chi connectivity index (χ1v) is 14.0. The van der Waals surface area contributed by atoms with Crippen molar-refractivity contribution in [2.75, 3.05) is 18.4 Å². The maximum absolute atomic E-state index is 12.7. The SMILES string of the molecule is O=C(NC[C@H](NS(=O)(=O)Cc1ccc(C(F)(F)F)cc1)C(=O)O)c1cnn(CCc2ccc3c(n2)NCCC3)c1. The topological polar surface area (TPSA) is 155 Å². The summed E-state index contributed by atoms with van der Waals surface area (Å²) in [7, 11) is -4.27. The van der Waals surface area contributed by atoms with Crippen LogP contribution in [0.15, 0.2) is 48.8 Å². The number of carboxylic acid groups (broad SMARTS) is 1. The molecule has 0 fully saturated rings. The van der Waals surface area contributed by atoms with Crippen LogP contribution < -0.4 is 15.4 Å². The van der Waals surface area contributed by atoms with E-state index in [1.165, 1.54) is 18.0 Å². The molecule has 1 amide bonds. The van der Waals surface area contributed by atoms with Crippen LogP contribution >= 0.6 is 0 Å². The zero-order valence-electron chi connectivity index (χ0n) is 21.1. The average Bonchev–Trinajstić information content (AvgIpc) is 3.38. The number of carbonyl (C=O) groups excluding carboxylic acids is 1. The third-order valence-electron chi connectivity index (χ3n) is 6.17. The Labute approximate surface area is 227 Å². The van der Waals surface area contributed by atoms with E-state index in [1.54, 1.807) is 4.68 Å². The Morgan fingerprint density at radius 2 is 1.90 bits per heavy atom. The van der Waals surface area contributed by atoms with Gasteiger partial charge >= 0.3 is 12.1 Å². The van der Waals surface area contributed by atoms with Gasteiger partial charge in [-0.05, 0) is 42.2 Å². The van der Waals surface area contributed by atoms with Crippen LogP contribution in [0.4, 0.5) is 19.0 Å². The van der Waals surface area contributed by atoms with Gasteiger partial charge in [0.15, 0.2) is 0 Å². The fourth-order valence-corrected chi connectivity index (χ4v) is 5.42. The predicted molar refractivity (Wildman–Crippen MR) is 138 cm³/mol. The summed E-state index contributed by atoms with van der Waals surface area (Å²) in [6, 6.07) is 5.75. The van der Waals surface area contributed by atoms with E-state index in [2.05, 4.69) is 20.7 Å². The molecule has 0 bridgehead atoms. The van der Waals surface area contributed by atoms with Crippen molar-refractivity contribution < 1.29 is 36.3 Å². The number of aryl methyl sites for hydroxylation is 3. The molecule has 1 aliphatic heterocycles. The van der Waals surface area contributed by atoms with E-state index >= 15 is 0 Å². The third kappa shape index (κ3) is 7.79. The first-order chi connectivity index (χ1) is 18.9. The summed E-state index contributed by atoms with van der Waals surface area (Å²) >= 11 is 0. The van der Waals surface area contributed by atoms with Crippen molar-refractivity contribution in [3.63, 3.8) is 0 Å². The second kappa shape index (κ2) is 12.0. The smallest absolute Gasteiger partial charge is 0.416 e. The van der Waals surface area contributed by atoms with Gasteiger partial charge in [0.25, 0.3) is 5.91 Å². The van der Waals surface area contributed by atoms with Crippen LogP contribution in [0.25, 0.3) is 0 Å². The molecular formula is C25H27F3N6O5S. The minimum absolute atomic E-state index is 0.0305. The number of nitrogens with one attached hydrogen (secondary N) is 3. The first-order valence-electron chi connectivity index (χ1n) is 12.3. The fraction of sp³-hybridized carbons (Fsp3) is 0.360. The normalized spacial score (nSPS) is 14.2.